The molecule has 6 nitrogen and oxygen atoms in total. The quantitative estimate of drug-likeness (QED) is 0.493. The van der Waals surface area contributed by atoms with E-state index in [2.05, 4.69) is 62.7 Å². The number of rotatable bonds is 3. The molecule has 1 aliphatic heterocycles. The third-order valence-electron chi connectivity index (χ3n) is 5.12. The number of nitrogens with zero attached hydrogens (tertiary/aromatic N) is 4. The van der Waals surface area contributed by atoms with Crippen LogP contribution in [0.5, 0.6) is 0 Å². The maximum absolute atomic E-state index is 4.89. The van der Waals surface area contributed by atoms with Gasteiger partial charge in [-0.1, -0.05) is 18.2 Å². The van der Waals surface area contributed by atoms with Crippen LogP contribution in [0.25, 0.3) is 27.8 Å². The second-order valence-electron chi connectivity index (χ2n) is 6.92. The Hall–Kier alpha value is -3.93. The first kappa shape index (κ1) is 15.2. The molecular weight excluding hydrogens is 348 g/mol. The molecule has 1 aliphatic rings. The van der Waals surface area contributed by atoms with Crippen LogP contribution in [0.1, 0.15) is 11.1 Å². The van der Waals surface area contributed by atoms with Gasteiger partial charge in [0.15, 0.2) is 11.5 Å². The molecule has 0 saturated heterocycles. The van der Waals surface area contributed by atoms with E-state index in [9.17, 15) is 0 Å². The van der Waals surface area contributed by atoms with Gasteiger partial charge >= 0.3 is 0 Å². The molecule has 0 saturated carbocycles. The minimum atomic E-state index is 0.727. The maximum atomic E-state index is 4.89. The fourth-order valence-corrected chi connectivity index (χ4v) is 3.69. The maximum Gasteiger partial charge on any atom is 0.180 e. The van der Waals surface area contributed by atoms with Crippen molar-refractivity contribution in [3.63, 3.8) is 0 Å². The summed E-state index contributed by atoms with van der Waals surface area (Å²) < 4.78 is 2.00. The van der Waals surface area contributed by atoms with Gasteiger partial charge in [-0.2, -0.15) is 0 Å². The van der Waals surface area contributed by atoms with Crippen LogP contribution in [-0.2, 0) is 6.54 Å². The number of aromatic nitrogens is 4. The average molecular weight is 364 g/mol. The molecule has 0 amide bonds. The lowest BCUT2D eigenvalue weighted by Gasteiger charge is -2.11. The Morgan fingerprint density at radius 3 is 3.07 bits per heavy atom. The van der Waals surface area contributed by atoms with E-state index in [0.717, 1.165) is 40.5 Å². The monoisotopic (exact) mass is 364 g/mol. The van der Waals surface area contributed by atoms with Gasteiger partial charge in [0.25, 0.3) is 0 Å². The predicted octanol–water partition coefficient (Wildman–Crippen LogP) is 4.55. The zero-order chi connectivity index (χ0) is 18.5. The zero-order valence-electron chi connectivity index (χ0n) is 14.9. The van der Waals surface area contributed by atoms with Crippen molar-refractivity contribution in [3.05, 3.63) is 78.4 Å². The van der Waals surface area contributed by atoms with Crippen LogP contribution < -0.4 is 5.32 Å². The minimum Gasteiger partial charge on any atom is -0.361 e. The Kier molecular flexibility index (Phi) is 3.13. The first-order valence-electron chi connectivity index (χ1n) is 9.14. The van der Waals surface area contributed by atoms with Gasteiger partial charge in [-0.25, -0.2) is 9.97 Å². The van der Waals surface area contributed by atoms with Crippen molar-refractivity contribution in [2.24, 2.45) is 4.99 Å². The number of fused-ring (bicyclic) bond motifs is 3. The summed E-state index contributed by atoms with van der Waals surface area (Å²) in [5.41, 5.74) is 7.22. The van der Waals surface area contributed by atoms with Crippen LogP contribution in [0, 0.1) is 0 Å². The molecule has 4 heterocycles. The smallest absolute Gasteiger partial charge is 0.180 e. The number of anilines is 2. The van der Waals surface area contributed by atoms with Crippen molar-refractivity contribution in [1.29, 1.82) is 0 Å². The molecule has 0 radical (unpaired) electrons. The molecule has 5 aromatic rings. The highest BCUT2D eigenvalue weighted by atomic mass is 15.1. The minimum absolute atomic E-state index is 0.727. The van der Waals surface area contributed by atoms with E-state index < -0.39 is 0 Å². The third-order valence-corrected chi connectivity index (χ3v) is 5.12. The van der Waals surface area contributed by atoms with Gasteiger partial charge in [0, 0.05) is 47.8 Å². The second-order valence-corrected chi connectivity index (χ2v) is 6.92. The SMILES string of the molecule is C1=NCc2cc(-c3cn4ccnc4c(Nc4ccc5cc[nH]c5c4)n3)ccc21. The van der Waals surface area contributed by atoms with E-state index in [1.165, 1.54) is 16.5 Å². The molecule has 6 heteroatoms. The van der Waals surface area contributed by atoms with Crippen LogP contribution in [0.3, 0.4) is 0 Å². The summed E-state index contributed by atoms with van der Waals surface area (Å²) in [6.07, 6.45) is 9.61. The van der Waals surface area contributed by atoms with Crippen molar-refractivity contribution in [1.82, 2.24) is 19.4 Å². The highest BCUT2D eigenvalue weighted by Crippen LogP contribution is 2.28. The number of aromatic amines is 1. The largest absolute Gasteiger partial charge is 0.361 e. The van der Waals surface area contributed by atoms with Crippen molar-refractivity contribution < 1.29 is 0 Å². The summed E-state index contributed by atoms with van der Waals surface area (Å²) in [5.74, 6) is 0.727. The lowest BCUT2D eigenvalue weighted by molar-refractivity contribution is 1.10. The fourth-order valence-electron chi connectivity index (χ4n) is 3.69. The topological polar surface area (TPSA) is 70.4 Å². The van der Waals surface area contributed by atoms with E-state index in [1.807, 2.05) is 29.2 Å². The van der Waals surface area contributed by atoms with Gasteiger partial charge in [-0.15, -0.1) is 0 Å². The van der Waals surface area contributed by atoms with Crippen LogP contribution in [0.4, 0.5) is 11.5 Å². The van der Waals surface area contributed by atoms with E-state index >= 15 is 0 Å². The number of imidazole rings is 1. The molecule has 134 valence electrons. The van der Waals surface area contributed by atoms with Gasteiger partial charge < -0.3 is 14.7 Å². The summed E-state index contributed by atoms with van der Waals surface area (Å²) in [7, 11) is 0. The number of hydrogen-bond acceptors (Lipinski definition) is 4. The van der Waals surface area contributed by atoms with Crippen molar-refractivity contribution in [2.75, 3.05) is 5.32 Å². The van der Waals surface area contributed by atoms with Crippen LogP contribution in [0.2, 0.25) is 0 Å². The molecule has 2 aromatic carbocycles. The molecule has 0 bridgehead atoms. The van der Waals surface area contributed by atoms with Gasteiger partial charge in [-0.05, 0) is 40.8 Å². The Morgan fingerprint density at radius 2 is 2.07 bits per heavy atom. The standard InChI is InChI=1S/C22H16N6/c1-2-16-11-23-12-17(16)9-15(1)20-13-28-8-7-25-22(28)21(27-20)26-18-4-3-14-5-6-24-19(14)10-18/h1-11,13,24H,12H2,(H,26,27). The summed E-state index contributed by atoms with van der Waals surface area (Å²) in [6, 6.07) is 14.6. The number of benzene rings is 2. The summed E-state index contributed by atoms with van der Waals surface area (Å²) in [6.45, 7) is 0.734. The number of H-pyrrole nitrogens is 1. The molecule has 2 N–H and O–H groups in total. The Morgan fingerprint density at radius 1 is 1.07 bits per heavy atom. The molecule has 0 unspecified atom stereocenters. The third kappa shape index (κ3) is 2.39. The fraction of sp³-hybridized carbons (Fsp3) is 0.0455. The average Bonchev–Trinajstić information content (AvgIpc) is 3.46. The van der Waals surface area contributed by atoms with Crippen LogP contribution >= 0.6 is 0 Å². The highest BCUT2D eigenvalue weighted by Gasteiger charge is 2.13. The number of nitrogens with one attached hydrogen (secondary N) is 2. The van der Waals surface area contributed by atoms with E-state index in [1.54, 1.807) is 6.20 Å². The molecule has 0 fully saturated rings. The van der Waals surface area contributed by atoms with Crippen molar-refractivity contribution in [3.8, 4) is 11.3 Å². The lowest BCUT2D eigenvalue weighted by Crippen LogP contribution is -2.00. The lowest BCUT2D eigenvalue weighted by atomic mass is 10.0. The molecule has 0 atom stereocenters. The normalized spacial score (nSPS) is 12.7. The summed E-state index contributed by atoms with van der Waals surface area (Å²) in [5, 5.41) is 4.62. The van der Waals surface area contributed by atoms with Gasteiger partial charge in [0.05, 0.1) is 12.2 Å². The van der Waals surface area contributed by atoms with Crippen molar-refractivity contribution >= 4 is 34.3 Å². The molecule has 3 aromatic heterocycles. The predicted molar refractivity (Wildman–Crippen MR) is 111 cm³/mol. The van der Waals surface area contributed by atoms with Gasteiger partial charge in [0.2, 0.25) is 0 Å². The molecule has 0 aliphatic carbocycles. The van der Waals surface area contributed by atoms with Crippen LogP contribution in [-0.4, -0.2) is 25.6 Å². The first-order chi connectivity index (χ1) is 13.8. The van der Waals surface area contributed by atoms with Gasteiger partial charge in [0.1, 0.15) is 0 Å². The van der Waals surface area contributed by atoms with E-state index in [-0.39, 0.29) is 0 Å². The summed E-state index contributed by atoms with van der Waals surface area (Å²) in [4.78, 5) is 16.9. The number of hydrogen-bond donors (Lipinski definition) is 2. The van der Waals surface area contributed by atoms with Crippen LogP contribution in [0.15, 0.2) is 72.2 Å². The highest BCUT2D eigenvalue weighted by molar-refractivity contribution is 5.86. The Bertz CT molecular complexity index is 1370. The Labute approximate surface area is 160 Å². The zero-order valence-corrected chi connectivity index (χ0v) is 14.9. The molecule has 6 rings (SSSR count). The molecule has 0 spiro atoms. The van der Waals surface area contributed by atoms with Gasteiger partial charge in [-0.3, -0.25) is 4.99 Å². The second kappa shape index (κ2) is 5.79. The van der Waals surface area contributed by atoms with E-state index in [4.69, 9.17) is 4.98 Å². The van der Waals surface area contributed by atoms with E-state index in [0.29, 0.717) is 0 Å². The summed E-state index contributed by atoms with van der Waals surface area (Å²) >= 11 is 0. The molecular formula is C22H16N6. The Balaban J connectivity index is 1.45. The first-order valence-corrected chi connectivity index (χ1v) is 9.14. The number of aliphatic imine (C=N–C) groups is 1. The van der Waals surface area contributed by atoms with Crippen molar-refractivity contribution in [2.45, 2.75) is 6.54 Å². The molecule has 28 heavy (non-hydrogen) atoms.